The lowest BCUT2D eigenvalue weighted by Gasteiger charge is -2.40. The van der Waals surface area contributed by atoms with Gasteiger partial charge in [0, 0.05) is 60.3 Å². The molecule has 1 aliphatic carbocycles. The zero-order valence-electron chi connectivity index (χ0n) is 19.7. The first-order valence-electron chi connectivity index (χ1n) is 12.4. The highest BCUT2D eigenvalue weighted by Gasteiger charge is 2.30. The molecule has 184 valence electrons. The lowest BCUT2D eigenvalue weighted by Crippen LogP contribution is -2.54. The molecule has 1 aromatic heterocycles. The van der Waals surface area contributed by atoms with Gasteiger partial charge in [-0.05, 0) is 62.1 Å². The van der Waals surface area contributed by atoms with Crippen molar-refractivity contribution in [1.82, 2.24) is 10.3 Å². The molecule has 2 aromatic carbocycles. The molecule has 9 heteroatoms. The minimum absolute atomic E-state index is 0.127. The van der Waals surface area contributed by atoms with E-state index in [1.165, 1.54) is 12.8 Å². The lowest BCUT2D eigenvalue weighted by atomic mass is 9.89. The predicted molar refractivity (Wildman–Crippen MR) is 137 cm³/mol. The second-order valence-electron chi connectivity index (χ2n) is 9.52. The molecule has 2 heterocycles. The number of anilines is 3. The van der Waals surface area contributed by atoms with E-state index in [-0.39, 0.29) is 16.7 Å². The molecule has 1 saturated heterocycles. The van der Waals surface area contributed by atoms with Gasteiger partial charge in [-0.1, -0.05) is 12.8 Å². The third kappa shape index (κ3) is 5.57. The van der Waals surface area contributed by atoms with Gasteiger partial charge >= 0.3 is 0 Å². The standard InChI is InChI=1S/C26H32N6O3/c27-19-9-7-18(8-10-19)25-16-28-26(35-25)30-24-6-2-1-5-23(24)29-20-4-3-15-31(17-20)21-11-13-22(14-12-21)32(33)34/h7-14,16,20,23-24,29H,1-6,15,17,27H2,(H,28,30)/t20-,23+,24+/m0/s1. The van der Waals surface area contributed by atoms with Gasteiger partial charge in [0.15, 0.2) is 5.76 Å². The van der Waals surface area contributed by atoms with Crippen molar-refractivity contribution in [3.8, 4) is 11.3 Å². The van der Waals surface area contributed by atoms with Crippen LogP contribution in [0.4, 0.5) is 23.1 Å². The van der Waals surface area contributed by atoms with Crippen LogP contribution in [-0.4, -0.2) is 41.1 Å². The zero-order valence-corrected chi connectivity index (χ0v) is 19.7. The number of nitrogens with zero attached hydrogens (tertiary/aromatic N) is 3. The maximum absolute atomic E-state index is 11.0. The van der Waals surface area contributed by atoms with Gasteiger partial charge < -0.3 is 25.7 Å². The van der Waals surface area contributed by atoms with Gasteiger partial charge in [0.2, 0.25) is 0 Å². The van der Waals surface area contributed by atoms with Crippen LogP contribution in [-0.2, 0) is 0 Å². The fourth-order valence-electron chi connectivity index (χ4n) is 5.22. The SMILES string of the molecule is Nc1ccc(-c2cnc(N[C@@H]3CCCC[C@H]3N[C@H]3CCCN(c4ccc([N+](=O)[O-])cc4)C3)o2)cc1. The van der Waals surface area contributed by atoms with E-state index in [1.54, 1.807) is 18.3 Å². The maximum Gasteiger partial charge on any atom is 0.295 e. The summed E-state index contributed by atoms with van der Waals surface area (Å²) < 4.78 is 6.00. The minimum atomic E-state index is -0.354. The van der Waals surface area contributed by atoms with E-state index in [0.29, 0.717) is 18.1 Å². The number of rotatable bonds is 7. The number of hydrogen-bond donors (Lipinski definition) is 3. The number of nitro benzene ring substituents is 1. The number of benzene rings is 2. The zero-order chi connectivity index (χ0) is 24.2. The van der Waals surface area contributed by atoms with Crippen molar-refractivity contribution in [2.24, 2.45) is 0 Å². The molecule has 9 nitrogen and oxygen atoms in total. The second-order valence-corrected chi connectivity index (χ2v) is 9.52. The highest BCUT2D eigenvalue weighted by molar-refractivity contribution is 5.60. The summed E-state index contributed by atoms with van der Waals surface area (Å²) in [5.41, 5.74) is 8.63. The molecule has 0 unspecified atom stereocenters. The van der Waals surface area contributed by atoms with E-state index in [4.69, 9.17) is 10.2 Å². The van der Waals surface area contributed by atoms with Crippen molar-refractivity contribution in [3.05, 3.63) is 64.8 Å². The van der Waals surface area contributed by atoms with Crippen LogP contribution >= 0.6 is 0 Å². The van der Waals surface area contributed by atoms with Gasteiger partial charge in [-0.2, -0.15) is 0 Å². The van der Waals surface area contributed by atoms with E-state index in [0.717, 1.165) is 61.5 Å². The number of aromatic nitrogens is 1. The summed E-state index contributed by atoms with van der Waals surface area (Å²) in [4.78, 5) is 17.4. The first-order chi connectivity index (χ1) is 17.0. The van der Waals surface area contributed by atoms with Crippen LogP contribution in [0, 0.1) is 10.1 Å². The van der Waals surface area contributed by atoms with Crippen molar-refractivity contribution in [3.63, 3.8) is 0 Å². The Labute approximate surface area is 204 Å². The summed E-state index contributed by atoms with van der Waals surface area (Å²) in [7, 11) is 0. The molecular formula is C26H32N6O3. The highest BCUT2D eigenvalue weighted by Crippen LogP contribution is 2.28. The minimum Gasteiger partial charge on any atom is -0.424 e. The molecular weight excluding hydrogens is 444 g/mol. The Bertz CT molecular complexity index is 1130. The fraction of sp³-hybridized carbons (Fsp3) is 0.423. The third-order valence-corrected chi connectivity index (χ3v) is 7.07. The van der Waals surface area contributed by atoms with Crippen LogP contribution in [0.15, 0.2) is 59.1 Å². The topological polar surface area (TPSA) is 122 Å². The van der Waals surface area contributed by atoms with E-state index < -0.39 is 0 Å². The number of piperidine rings is 1. The van der Waals surface area contributed by atoms with Crippen LogP contribution in [0.1, 0.15) is 38.5 Å². The van der Waals surface area contributed by atoms with E-state index in [1.807, 2.05) is 36.4 Å². The summed E-state index contributed by atoms with van der Waals surface area (Å²) in [6.45, 7) is 1.86. The van der Waals surface area contributed by atoms with Gasteiger partial charge in [-0.3, -0.25) is 10.1 Å². The molecule has 0 radical (unpaired) electrons. The molecule has 5 rings (SSSR count). The number of nitrogens with one attached hydrogen (secondary N) is 2. The van der Waals surface area contributed by atoms with Gasteiger partial charge in [0.25, 0.3) is 11.7 Å². The van der Waals surface area contributed by atoms with Gasteiger partial charge in [-0.15, -0.1) is 0 Å². The van der Waals surface area contributed by atoms with Crippen LogP contribution in [0.5, 0.6) is 0 Å². The Morgan fingerprint density at radius 3 is 2.49 bits per heavy atom. The van der Waals surface area contributed by atoms with Gasteiger partial charge in [0.05, 0.1) is 11.1 Å². The normalized spacial score (nSPS) is 22.6. The number of nitro groups is 1. The summed E-state index contributed by atoms with van der Waals surface area (Å²) in [6, 6.07) is 16.0. The third-order valence-electron chi connectivity index (χ3n) is 7.07. The number of non-ortho nitro benzene ring substituents is 1. The monoisotopic (exact) mass is 476 g/mol. The molecule has 0 bridgehead atoms. The Morgan fingerprint density at radius 1 is 1.00 bits per heavy atom. The molecule has 1 aliphatic heterocycles. The predicted octanol–water partition coefficient (Wildman–Crippen LogP) is 4.81. The van der Waals surface area contributed by atoms with Crippen LogP contribution < -0.4 is 21.3 Å². The fourth-order valence-corrected chi connectivity index (χ4v) is 5.22. The second kappa shape index (κ2) is 10.4. The Kier molecular flexibility index (Phi) is 6.85. The smallest absolute Gasteiger partial charge is 0.295 e. The molecule has 0 amide bonds. The summed E-state index contributed by atoms with van der Waals surface area (Å²) in [5.74, 6) is 0.721. The van der Waals surface area contributed by atoms with Crippen molar-refractivity contribution in [2.45, 2.75) is 56.7 Å². The quantitative estimate of drug-likeness (QED) is 0.252. The van der Waals surface area contributed by atoms with Crippen molar-refractivity contribution in [1.29, 1.82) is 0 Å². The summed E-state index contributed by atoms with van der Waals surface area (Å²) in [6.07, 6.45) is 8.52. The molecule has 2 fully saturated rings. The first-order valence-corrected chi connectivity index (χ1v) is 12.4. The lowest BCUT2D eigenvalue weighted by molar-refractivity contribution is -0.384. The van der Waals surface area contributed by atoms with E-state index >= 15 is 0 Å². The average molecular weight is 477 g/mol. The van der Waals surface area contributed by atoms with E-state index in [2.05, 4.69) is 20.5 Å². The van der Waals surface area contributed by atoms with Gasteiger partial charge in [0.1, 0.15) is 0 Å². The van der Waals surface area contributed by atoms with Crippen LogP contribution in [0.25, 0.3) is 11.3 Å². The molecule has 35 heavy (non-hydrogen) atoms. The summed E-state index contributed by atoms with van der Waals surface area (Å²) >= 11 is 0. The van der Waals surface area contributed by atoms with E-state index in [9.17, 15) is 10.1 Å². The van der Waals surface area contributed by atoms with Crippen molar-refractivity contribution < 1.29 is 9.34 Å². The Hall–Kier alpha value is -3.59. The number of nitrogens with two attached hydrogens (primary N) is 1. The maximum atomic E-state index is 11.0. The molecule has 3 aromatic rings. The molecule has 4 N–H and O–H groups in total. The highest BCUT2D eigenvalue weighted by atomic mass is 16.6. The number of hydrogen-bond acceptors (Lipinski definition) is 8. The first kappa shape index (κ1) is 23.2. The van der Waals surface area contributed by atoms with Crippen LogP contribution in [0.2, 0.25) is 0 Å². The van der Waals surface area contributed by atoms with Crippen LogP contribution in [0.3, 0.4) is 0 Å². The molecule has 0 spiro atoms. The van der Waals surface area contributed by atoms with Crippen molar-refractivity contribution >= 4 is 23.1 Å². The molecule has 1 saturated carbocycles. The number of oxazole rings is 1. The molecule has 2 aliphatic rings. The average Bonchev–Trinajstić information content (AvgIpc) is 3.34. The van der Waals surface area contributed by atoms with Gasteiger partial charge in [-0.25, -0.2) is 4.98 Å². The Morgan fingerprint density at radius 2 is 1.74 bits per heavy atom. The Balaban J connectivity index is 1.21. The summed E-state index contributed by atoms with van der Waals surface area (Å²) in [5, 5.41) is 18.4. The van der Waals surface area contributed by atoms with Crippen molar-refractivity contribution in [2.75, 3.05) is 29.0 Å². The molecule has 3 atom stereocenters. The number of nitrogen functional groups attached to an aromatic ring is 1. The largest absolute Gasteiger partial charge is 0.424 e.